The molecule has 12 heteroatoms. The van der Waals surface area contributed by atoms with Gasteiger partial charge in [-0.15, -0.1) is 0 Å². The Morgan fingerprint density at radius 3 is 2.66 bits per heavy atom. The molecule has 1 atom stereocenters. The normalized spacial score (nSPS) is 15.9. The van der Waals surface area contributed by atoms with E-state index in [2.05, 4.69) is 19.9 Å². The fourth-order valence-electron chi connectivity index (χ4n) is 5.44. The first-order chi connectivity index (χ1) is 19.8. The number of alkyl halides is 3. The highest BCUT2D eigenvalue weighted by Gasteiger charge is 2.39. The SMILES string of the molecule is COc1ccc2nc(C(F)(F)F)n(CC(=O)N3CCCCC3c3ncc(-c4cc5ccccc5nc4OC)[nH]3)c2c1. The molecule has 1 amide bonds. The first-order valence-corrected chi connectivity index (χ1v) is 13.2. The van der Waals surface area contributed by atoms with Crippen molar-refractivity contribution >= 4 is 27.8 Å². The number of aromatic nitrogens is 5. The lowest BCUT2D eigenvalue weighted by Gasteiger charge is -2.35. The van der Waals surface area contributed by atoms with Gasteiger partial charge in [-0.05, 0) is 43.5 Å². The smallest absolute Gasteiger partial charge is 0.449 e. The van der Waals surface area contributed by atoms with Crippen molar-refractivity contribution in [1.82, 2.24) is 29.4 Å². The molecule has 1 aliphatic heterocycles. The standard InChI is InChI=1S/C29H27F3N6O3/c1-40-18-10-11-21-24(14-18)38(28(36-21)29(30,31)32)16-25(39)37-12-6-5-9-23(37)26-33-15-22(34-26)19-13-17-7-3-4-8-20(17)35-27(19)41-2/h3-4,7-8,10-11,13-15,23H,5-6,9,12,16H2,1-2H3,(H,33,34). The molecule has 6 rings (SSSR count). The lowest BCUT2D eigenvalue weighted by Crippen LogP contribution is -2.41. The summed E-state index contributed by atoms with van der Waals surface area (Å²) in [6.07, 6.45) is -0.862. The van der Waals surface area contributed by atoms with E-state index in [4.69, 9.17) is 9.47 Å². The minimum absolute atomic E-state index is 0.134. The summed E-state index contributed by atoms with van der Waals surface area (Å²) in [4.78, 5) is 31.5. The first-order valence-electron chi connectivity index (χ1n) is 13.2. The molecule has 0 saturated carbocycles. The number of pyridine rings is 1. The van der Waals surface area contributed by atoms with E-state index in [0.717, 1.165) is 28.3 Å². The van der Waals surface area contributed by atoms with E-state index in [-0.39, 0.29) is 11.0 Å². The zero-order valence-corrected chi connectivity index (χ0v) is 22.4. The van der Waals surface area contributed by atoms with Crippen molar-refractivity contribution in [1.29, 1.82) is 0 Å². The molecule has 0 spiro atoms. The van der Waals surface area contributed by atoms with Crippen LogP contribution in [0.5, 0.6) is 11.6 Å². The molecule has 4 heterocycles. The van der Waals surface area contributed by atoms with Gasteiger partial charge in [-0.2, -0.15) is 13.2 Å². The summed E-state index contributed by atoms with van der Waals surface area (Å²) < 4.78 is 53.5. The van der Waals surface area contributed by atoms with Gasteiger partial charge in [0.05, 0.1) is 54.3 Å². The zero-order chi connectivity index (χ0) is 28.7. The second kappa shape index (κ2) is 10.4. The molecule has 1 saturated heterocycles. The second-order valence-corrected chi connectivity index (χ2v) is 9.89. The Bertz CT molecular complexity index is 1750. The number of hydrogen-bond acceptors (Lipinski definition) is 6. The van der Waals surface area contributed by atoms with Gasteiger partial charge in [-0.25, -0.2) is 15.0 Å². The van der Waals surface area contributed by atoms with E-state index in [1.165, 1.54) is 25.3 Å². The maximum Gasteiger partial charge on any atom is 0.449 e. The van der Waals surface area contributed by atoms with Gasteiger partial charge in [0.15, 0.2) is 0 Å². The van der Waals surface area contributed by atoms with Crippen molar-refractivity contribution in [2.24, 2.45) is 0 Å². The summed E-state index contributed by atoms with van der Waals surface area (Å²) in [6.45, 7) is -0.122. The average Bonchev–Trinajstić information content (AvgIpc) is 3.61. The number of methoxy groups -OCH3 is 2. The molecule has 1 fully saturated rings. The van der Waals surface area contributed by atoms with Crippen LogP contribution in [-0.4, -0.2) is 56.1 Å². The fourth-order valence-corrected chi connectivity index (χ4v) is 5.44. The highest BCUT2D eigenvalue weighted by molar-refractivity contribution is 5.85. The Kier molecular flexibility index (Phi) is 6.76. The van der Waals surface area contributed by atoms with Crippen molar-refractivity contribution in [3.05, 3.63) is 66.4 Å². The van der Waals surface area contributed by atoms with E-state index in [0.29, 0.717) is 41.7 Å². The zero-order valence-electron chi connectivity index (χ0n) is 22.4. The number of para-hydroxylation sites is 1. The summed E-state index contributed by atoms with van der Waals surface area (Å²) in [5.74, 6) is -0.226. The number of ether oxygens (including phenoxy) is 2. The molecule has 212 valence electrons. The monoisotopic (exact) mass is 564 g/mol. The summed E-state index contributed by atoms with van der Waals surface area (Å²) in [5.41, 5.74) is 2.48. The van der Waals surface area contributed by atoms with Gasteiger partial charge in [0.25, 0.3) is 0 Å². The number of rotatable bonds is 6. The highest BCUT2D eigenvalue weighted by atomic mass is 19.4. The number of nitrogens with zero attached hydrogens (tertiary/aromatic N) is 5. The summed E-state index contributed by atoms with van der Waals surface area (Å²) in [6, 6.07) is 13.7. The number of halogens is 3. The van der Waals surface area contributed by atoms with Crippen LogP contribution in [0.4, 0.5) is 13.2 Å². The Balaban J connectivity index is 1.33. The number of nitrogens with one attached hydrogen (secondary N) is 1. The molecule has 1 aliphatic rings. The average molecular weight is 565 g/mol. The Morgan fingerprint density at radius 2 is 1.88 bits per heavy atom. The van der Waals surface area contributed by atoms with E-state index in [1.54, 1.807) is 18.2 Å². The number of carbonyl (C=O) groups is 1. The molecule has 41 heavy (non-hydrogen) atoms. The van der Waals surface area contributed by atoms with Crippen molar-refractivity contribution in [3.8, 4) is 22.9 Å². The highest BCUT2D eigenvalue weighted by Crippen LogP contribution is 2.36. The van der Waals surface area contributed by atoms with Crippen LogP contribution in [0.25, 0.3) is 33.2 Å². The third kappa shape index (κ3) is 4.94. The first kappa shape index (κ1) is 26.6. The third-order valence-electron chi connectivity index (χ3n) is 7.41. The molecule has 1 N–H and O–H groups in total. The second-order valence-electron chi connectivity index (χ2n) is 9.89. The minimum Gasteiger partial charge on any atom is -0.497 e. The van der Waals surface area contributed by atoms with E-state index in [9.17, 15) is 18.0 Å². The van der Waals surface area contributed by atoms with Gasteiger partial charge in [0.1, 0.15) is 18.1 Å². The molecule has 0 bridgehead atoms. The molecule has 0 radical (unpaired) electrons. The Hall–Kier alpha value is -4.61. The number of carbonyl (C=O) groups excluding carboxylic acids is 1. The molecule has 9 nitrogen and oxygen atoms in total. The summed E-state index contributed by atoms with van der Waals surface area (Å²) >= 11 is 0. The lowest BCUT2D eigenvalue weighted by molar-refractivity contribution is -0.148. The molecule has 1 unspecified atom stereocenters. The van der Waals surface area contributed by atoms with Crippen molar-refractivity contribution in [2.45, 2.75) is 38.0 Å². The van der Waals surface area contributed by atoms with E-state index in [1.807, 2.05) is 30.3 Å². The summed E-state index contributed by atoms with van der Waals surface area (Å²) in [7, 11) is 2.97. The molecule has 3 aromatic heterocycles. The maximum absolute atomic E-state index is 14.0. The molecular formula is C29H27F3N6O3. The largest absolute Gasteiger partial charge is 0.497 e. The topological polar surface area (TPSA) is 98.2 Å². The van der Waals surface area contributed by atoms with Gasteiger partial charge in [0.2, 0.25) is 17.6 Å². The number of likely N-dealkylation sites (tertiary alicyclic amines) is 1. The third-order valence-corrected chi connectivity index (χ3v) is 7.41. The number of imidazole rings is 2. The lowest BCUT2D eigenvalue weighted by atomic mass is 10.0. The number of hydrogen-bond donors (Lipinski definition) is 1. The molecule has 5 aromatic rings. The van der Waals surface area contributed by atoms with Gasteiger partial charge in [-0.3, -0.25) is 4.79 Å². The number of amides is 1. The summed E-state index contributed by atoms with van der Waals surface area (Å²) in [5, 5.41) is 0.929. The number of piperidine rings is 1. The van der Waals surface area contributed by atoms with E-state index >= 15 is 0 Å². The molecule has 2 aromatic carbocycles. The number of benzene rings is 2. The van der Waals surface area contributed by atoms with Crippen molar-refractivity contribution in [2.75, 3.05) is 20.8 Å². The quantitative estimate of drug-likeness (QED) is 0.282. The van der Waals surface area contributed by atoms with Crippen LogP contribution in [0.3, 0.4) is 0 Å². The molecular weight excluding hydrogens is 537 g/mol. The van der Waals surface area contributed by atoms with Crippen LogP contribution in [0.15, 0.2) is 54.7 Å². The Morgan fingerprint density at radius 1 is 1.05 bits per heavy atom. The van der Waals surface area contributed by atoms with Crippen LogP contribution in [0.2, 0.25) is 0 Å². The predicted octanol–water partition coefficient (Wildman–Crippen LogP) is 5.76. The fraction of sp³-hybridized carbons (Fsp3) is 0.310. The van der Waals surface area contributed by atoms with Crippen LogP contribution < -0.4 is 9.47 Å². The van der Waals surface area contributed by atoms with E-state index < -0.39 is 30.5 Å². The van der Waals surface area contributed by atoms with Gasteiger partial charge in [-0.1, -0.05) is 18.2 Å². The Labute approximate surface area is 232 Å². The van der Waals surface area contributed by atoms with Crippen LogP contribution in [0.1, 0.15) is 37.0 Å². The number of H-pyrrole nitrogens is 1. The van der Waals surface area contributed by atoms with Gasteiger partial charge < -0.3 is 23.9 Å². The minimum atomic E-state index is -4.74. The number of fused-ring (bicyclic) bond motifs is 2. The van der Waals surface area contributed by atoms with Gasteiger partial charge >= 0.3 is 6.18 Å². The van der Waals surface area contributed by atoms with Gasteiger partial charge in [0, 0.05) is 18.0 Å². The predicted molar refractivity (Wildman–Crippen MR) is 145 cm³/mol. The molecule has 0 aliphatic carbocycles. The van der Waals surface area contributed by atoms with Crippen molar-refractivity contribution < 1.29 is 27.4 Å². The van der Waals surface area contributed by atoms with Crippen molar-refractivity contribution in [3.63, 3.8) is 0 Å². The van der Waals surface area contributed by atoms with Crippen LogP contribution >= 0.6 is 0 Å². The van der Waals surface area contributed by atoms with Crippen LogP contribution in [0, 0.1) is 0 Å². The maximum atomic E-state index is 14.0. The van der Waals surface area contributed by atoms with Crippen LogP contribution in [-0.2, 0) is 17.5 Å². The number of aromatic amines is 1.